The van der Waals surface area contributed by atoms with E-state index in [1.165, 1.54) is 0 Å². The fourth-order valence-electron chi connectivity index (χ4n) is 3.99. The lowest BCUT2D eigenvalue weighted by Gasteiger charge is -2.41. The van der Waals surface area contributed by atoms with Crippen molar-refractivity contribution in [1.29, 1.82) is 0 Å². The van der Waals surface area contributed by atoms with Crippen molar-refractivity contribution in [3.8, 4) is 0 Å². The Labute approximate surface area is 181 Å². The number of morpholine rings is 1. The molecule has 1 aromatic rings. The van der Waals surface area contributed by atoms with E-state index in [9.17, 15) is 0 Å². The molecule has 0 aliphatic carbocycles. The van der Waals surface area contributed by atoms with E-state index in [1.54, 1.807) is 0 Å². The molecular formula is C22H39N7O. The lowest BCUT2D eigenvalue weighted by atomic mass is 10.0. The molecular weight excluding hydrogens is 378 g/mol. The Morgan fingerprint density at radius 2 is 1.83 bits per heavy atom. The molecule has 2 aliphatic rings. The molecule has 8 nitrogen and oxygen atoms in total. The molecule has 0 amide bonds. The molecule has 30 heavy (non-hydrogen) atoms. The first kappa shape index (κ1) is 22.8. The molecule has 2 aliphatic heterocycles. The van der Waals surface area contributed by atoms with Crippen LogP contribution in [0.4, 0.5) is 5.82 Å². The van der Waals surface area contributed by atoms with Gasteiger partial charge in [-0.2, -0.15) is 0 Å². The quantitative estimate of drug-likeness (QED) is 0.507. The van der Waals surface area contributed by atoms with Crippen molar-refractivity contribution in [3.05, 3.63) is 23.9 Å². The molecule has 0 unspecified atom stereocenters. The third kappa shape index (κ3) is 6.30. The van der Waals surface area contributed by atoms with E-state index >= 15 is 0 Å². The summed E-state index contributed by atoms with van der Waals surface area (Å²) in [6, 6.07) is 4.29. The van der Waals surface area contributed by atoms with Gasteiger partial charge in [0.1, 0.15) is 5.82 Å². The van der Waals surface area contributed by atoms with Gasteiger partial charge in [-0.25, -0.2) is 4.98 Å². The highest BCUT2D eigenvalue weighted by molar-refractivity contribution is 5.79. The van der Waals surface area contributed by atoms with Gasteiger partial charge in [-0.05, 0) is 32.0 Å². The number of aromatic nitrogens is 1. The number of rotatable bonds is 7. The zero-order chi connectivity index (χ0) is 21.4. The zero-order valence-corrected chi connectivity index (χ0v) is 19.2. The van der Waals surface area contributed by atoms with Gasteiger partial charge in [-0.15, -0.1) is 0 Å². The second kappa shape index (κ2) is 10.9. The lowest BCUT2D eigenvalue weighted by Crippen LogP contribution is -2.56. The minimum absolute atomic E-state index is 0.0480. The lowest BCUT2D eigenvalue weighted by molar-refractivity contribution is -0.00834. The van der Waals surface area contributed by atoms with Crippen LogP contribution >= 0.6 is 0 Å². The molecule has 2 saturated heterocycles. The molecule has 168 valence electrons. The summed E-state index contributed by atoms with van der Waals surface area (Å²) in [5.74, 6) is 1.89. The Morgan fingerprint density at radius 1 is 1.10 bits per heavy atom. The third-order valence-electron chi connectivity index (χ3n) is 6.19. The summed E-state index contributed by atoms with van der Waals surface area (Å²) in [4.78, 5) is 16.4. The third-order valence-corrected chi connectivity index (χ3v) is 6.19. The average molecular weight is 418 g/mol. The van der Waals surface area contributed by atoms with Crippen LogP contribution in [0.3, 0.4) is 0 Å². The smallest absolute Gasteiger partial charge is 0.191 e. The molecule has 0 aromatic carbocycles. The van der Waals surface area contributed by atoms with E-state index < -0.39 is 0 Å². The largest absolute Gasteiger partial charge is 0.379 e. The van der Waals surface area contributed by atoms with Crippen LogP contribution in [-0.4, -0.2) is 98.9 Å². The number of aliphatic imine (C=N–C) groups is 1. The van der Waals surface area contributed by atoms with Crippen LogP contribution in [0.1, 0.15) is 26.3 Å². The van der Waals surface area contributed by atoms with E-state index in [0.717, 1.165) is 82.9 Å². The Balaban J connectivity index is 1.44. The zero-order valence-electron chi connectivity index (χ0n) is 19.2. The summed E-state index contributed by atoms with van der Waals surface area (Å²) in [6.07, 6.45) is 1.97. The molecule has 2 N–H and O–H groups in total. The molecule has 0 saturated carbocycles. The first-order valence-corrected chi connectivity index (χ1v) is 11.2. The monoisotopic (exact) mass is 417 g/mol. The predicted octanol–water partition coefficient (Wildman–Crippen LogP) is 0.999. The highest BCUT2D eigenvalue weighted by Gasteiger charge is 2.28. The molecule has 0 atom stereocenters. The summed E-state index contributed by atoms with van der Waals surface area (Å²) in [6.45, 7) is 17.3. The maximum absolute atomic E-state index is 5.48. The number of ether oxygens (including phenoxy) is 1. The van der Waals surface area contributed by atoms with E-state index in [-0.39, 0.29) is 5.54 Å². The van der Waals surface area contributed by atoms with Crippen molar-refractivity contribution in [2.75, 3.05) is 77.5 Å². The normalized spacial score (nSPS) is 19.7. The van der Waals surface area contributed by atoms with Crippen LogP contribution in [0.15, 0.2) is 23.3 Å². The Morgan fingerprint density at radius 3 is 2.43 bits per heavy atom. The topological polar surface area (TPSA) is 68.3 Å². The first-order chi connectivity index (χ1) is 14.5. The minimum Gasteiger partial charge on any atom is -0.379 e. The van der Waals surface area contributed by atoms with Crippen molar-refractivity contribution in [2.24, 2.45) is 4.99 Å². The average Bonchev–Trinajstić information content (AvgIpc) is 2.80. The fraction of sp³-hybridized carbons (Fsp3) is 0.727. The molecule has 0 spiro atoms. The maximum atomic E-state index is 5.48. The molecule has 0 bridgehead atoms. The van der Waals surface area contributed by atoms with Crippen LogP contribution in [0.5, 0.6) is 0 Å². The fourth-order valence-corrected chi connectivity index (χ4v) is 3.99. The van der Waals surface area contributed by atoms with Crippen LogP contribution in [0.2, 0.25) is 0 Å². The van der Waals surface area contributed by atoms with Crippen LogP contribution in [0, 0.1) is 0 Å². The van der Waals surface area contributed by atoms with E-state index in [0.29, 0.717) is 6.54 Å². The summed E-state index contributed by atoms with van der Waals surface area (Å²) in [7, 11) is 1.81. The summed E-state index contributed by atoms with van der Waals surface area (Å²) >= 11 is 0. The SMILES string of the molecule is CCN1CCN(c2ccc(CNC(=NC)NCC(C)(C)N3CCOCC3)cn2)CC1. The number of likely N-dealkylation sites (N-methyl/N-ethyl adjacent to an activating group) is 1. The van der Waals surface area contributed by atoms with E-state index in [4.69, 9.17) is 9.72 Å². The number of hydrogen-bond acceptors (Lipinski definition) is 6. The Kier molecular flexibility index (Phi) is 8.30. The number of piperazine rings is 1. The van der Waals surface area contributed by atoms with Gasteiger partial charge < -0.3 is 25.2 Å². The predicted molar refractivity (Wildman–Crippen MR) is 123 cm³/mol. The van der Waals surface area contributed by atoms with Crippen LogP contribution < -0.4 is 15.5 Å². The van der Waals surface area contributed by atoms with Gasteiger partial charge in [0.05, 0.1) is 13.2 Å². The van der Waals surface area contributed by atoms with Gasteiger partial charge >= 0.3 is 0 Å². The van der Waals surface area contributed by atoms with Crippen molar-refractivity contribution >= 4 is 11.8 Å². The number of anilines is 1. The number of pyridine rings is 1. The van der Waals surface area contributed by atoms with E-state index in [2.05, 4.69) is 63.2 Å². The van der Waals surface area contributed by atoms with Gasteiger partial charge in [0.25, 0.3) is 0 Å². The number of guanidine groups is 1. The molecule has 3 heterocycles. The molecule has 8 heteroatoms. The summed E-state index contributed by atoms with van der Waals surface area (Å²) in [5.41, 5.74) is 1.20. The first-order valence-electron chi connectivity index (χ1n) is 11.2. The van der Waals surface area contributed by atoms with Crippen molar-refractivity contribution in [2.45, 2.75) is 32.9 Å². The van der Waals surface area contributed by atoms with Gasteiger partial charge in [0, 0.05) is 71.1 Å². The maximum Gasteiger partial charge on any atom is 0.191 e. The van der Waals surface area contributed by atoms with E-state index in [1.807, 2.05) is 13.2 Å². The second-order valence-electron chi connectivity index (χ2n) is 8.64. The molecule has 1 aromatic heterocycles. The van der Waals surface area contributed by atoms with Crippen molar-refractivity contribution in [3.63, 3.8) is 0 Å². The standard InChI is InChI=1S/C22H39N7O/c1-5-27-8-10-28(11-9-27)20-7-6-19(16-24-20)17-25-21(23-4)26-18-22(2,3)29-12-14-30-15-13-29/h6-7,16H,5,8-15,17-18H2,1-4H3,(H2,23,25,26). The van der Waals surface area contributed by atoms with Crippen molar-refractivity contribution in [1.82, 2.24) is 25.4 Å². The van der Waals surface area contributed by atoms with Gasteiger partial charge in [-0.1, -0.05) is 13.0 Å². The molecule has 0 radical (unpaired) electrons. The minimum atomic E-state index is 0.0480. The Hall–Kier alpha value is -1.90. The number of nitrogens with zero attached hydrogens (tertiary/aromatic N) is 5. The Bertz CT molecular complexity index is 663. The summed E-state index contributed by atoms with van der Waals surface area (Å²) < 4.78 is 5.48. The van der Waals surface area contributed by atoms with Gasteiger partial charge in [0.2, 0.25) is 0 Å². The number of nitrogens with one attached hydrogen (secondary N) is 2. The highest BCUT2D eigenvalue weighted by Crippen LogP contribution is 2.15. The van der Waals surface area contributed by atoms with Gasteiger partial charge in [-0.3, -0.25) is 9.89 Å². The second-order valence-corrected chi connectivity index (χ2v) is 8.64. The van der Waals surface area contributed by atoms with Crippen LogP contribution in [-0.2, 0) is 11.3 Å². The summed E-state index contributed by atoms with van der Waals surface area (Å²) in [5, 5.41) is 6.88. The van der Waals surface area contributed by atoms with Gasteiger partial charge in [0.15, 0.2) is 5.96 Å². The highest BCUT2D eigenvalue weighted by atomic mass is 16.5. The molecule has 2 fully saturated rings. The van der Waals surface area contributed by atoms with Crippen LogP contribution in [0.25, 0.3) is 0 Å². The molecule has 3 rings (SSSR count). The number of hydrogen-bond donors (Lipinski definition) is 2. The van der Waals surface area contributed by atoms with Crippen molar-refractivity contribution < 1.29 is 4.74 Å².